The van der Waals surface area contributed by atoms with Crippen molar-refractivity contribution in [3.05, 3.63) is 0 Å². The molecule has 3 amide bonds. The fourth-order valence-electron chi connectivity index (χ4n) is 1.34. The molecule has 0 heterocycles. The van der Waals surface area contributed by atoms with Crippen LogP contribution < -0.4 is 11.1 Å². The van der Waals surface area contributed by atoms with Gasteiger partial charge in [0, 0.05) is 5.92 Å². The molecule has 0 saturated carbocycles. The number of imide groups is 1. The van der Waals surface area contributed by atoms with Crippen LogP contribution in [0.5, 0.6) is 0 Å². The summed E-state index contributed by atoms with van der Waals surface area (Å²) in [7, 11) is 0. The Bertz CT molecular complexity index is 192. The number of nitrogens with one attached hydrogen (secondary N) is 1. The second-order valence-electron chi connectivity index (χ2n) is 3.25. The van der Waals surface area contributed by atoms with Gasteiger partial charge < -0.3 is 5.73 Å². The van der Waals surface area contributed by atoms with Gasteiger partial charge in [-0.2, -0.15) is 0 Å². The molecule has 0 fully saturated rings. The number of hydrogen-bond donors (Lipinski definition) is 2. The van der Waals surface area contributed by atoms with Gasteiger partial charge in [-0.1, -0.05) is 27.2 Å². The molecule has 2 atom stereocenters. The molecule has 0 aromatic rings. The molecule has 0 bridgehead atoms. The SMILES string of the molecule is CCC(C)C(CC)C(=O)NC(N)=O. The Morgan fingerprint density at radius 3 is 2.15 bits per heavy atom. The van der Waals surface area contributed by atoms with Gasteiger partial charge in [0.2, 0.25) is 5.91 Å². The summed E-state index contributed by atoms with van der Waals surface area (Å²) < 4.78 is 0. The minimum atomic E-state index is -0.772. The molecule has 0 saturated heterocycles. The van der Waals surface area contributed by atoms with Gasteiger partial charge in [-0.05, 0) is 12.3 Å². The van der Waals surface area contributed by atoms with E-state index in [1.54, 1.807) is 0 Å². The first kappa shape index (κ1) is 11.9. The average molecular weight is 186 g/mol. The van der Waals surface area contributed by atoms with Crippen LogP contribution in [-0.4, -0.2) is 11.9 Å². The van der Waals surface area contributed by atoms with Crippen LogP contribution >= 0.6 is 0 Å². The van der Waals surface area contributed by atoms with E-state index in [1.165, 1.54) is 0 Å². The first-order chi connectivity index (χ1) is 6.02. The normalized spacial score (nSPS) is 14.7. The zero-order valence-electron chi connectivity index (χ0n) is 8.46. The number of carbonyl (C=O) groups excluding carboxylic acids is 2. The summed E-state index contributed by atoms with van der Waals surface area (Å²) in [5.41, 5.74) is 4.86. The summed E-state index contributed by atoms with van der Waals surface area (Å²) >= 11 is 0. The van der Waals surface area contributed by atoms with E-state index in [1.807, 2.05) is 20.8 Å². The van der Waals surface area contributed by atoms with Crippen molar-refractivity contribution in [1.29, 1.82) is 0 Å². The number of amides is 3. The first-order valence-electron chi connectivity index (χ1n) is 4.63. The number of urea groups is 1. The highest BCUT2D eigenvalue weighted by molar-refractivity contribution is 5.94. The monoisotopic (exact) mass is 186 g/mol. The number of rotatable bonds is 4. The van der Waals surface area contributed by atoms with E-state index < -0.39 is 6.03 Å². The molecule has 0 aliphatic rings. The van der Waals surface area contributed by atoms with Gasteiger partial charge in [0.15, 0.2) is 0 Å². The summed E-state index contributed by atoms with van der Waals surface area (Å²) in [6, 6.07) is -0.772. The second kappa shape index (κ2) is 5.56. The minimum Gasteiger partial charge on any atom is -0.351 e. The molecule has 2 unspecified atom stereocenters. The van der Waals surface area contributed by atoms with Crippen molar-refractivity contribution < 1.29 is 9.59 Å². The van der Waals surface area contributed by atoms with Crippen LogP contribution in [0.15, 0.2) is 0 Å². The zero-order chi connectivity index (χ0) is 10.4. The molecule has 0 radical (unpaired) electrons. The third-order valence-corrected chi connectivity index (χ3v) is 2.35. The molecule has 0 rings (SSSR count). The van der Waals surface area contributed by atoms with Crippen molar-refractivity contribution in [2.75, 3.05) is 0 Å². The smallest absolute Gasteiger partial charge is 0.318 e. The lowest BCUT2D eigenvalue weighted by molar-refractivity contribution is -0.125. The van der Waals surface area contributed by atoms with Crippen LogP contribution in [0.25, 0.3) is 0 Å². The van der Waals surface area contributed by atoms with E-state index in [2.05, 4.69) is 5.32 Å². The Labute approximate surface area is 78.9 Å². The van der Waals surface area contributed by atoms with Crippen LogP contribution in [0.2, 0.25) is 0 Å². The van der Waals surface area contributed by atoms with E-state index in [4.69, 9.17) is 5.73 Å². The molecule has 76 valence electrons. The maximum Gasteiger partial charge on any atom is 0.318 e. The van der Waals surface area contributed by atoms with Gasteiger partial charge in [-0.3, -0.25) is 10.1 Å². The fraction of sp³-hybridized carbons (Fsp3) is 0.778. The van der Waals surface area contributed by atoms with Gasteiger partial charge in [0.25, 0.3) is 0 Å². The summed E-state index contributed by atoms with van der Waals surface area (Å²) in [4.78, 5) is 21.8. The number of carbonyl (C=O) groups is 2. The Kier molecular flexibility index (Phi) is 5.11. The van der Waals surface area contributed by atoms with Gasteiger partial charge in [0.1, 0.15) is 0 Å². The topological polar surface area (TPSA) is 72.2 Å². The predicted octanol–water partition coefficient (Wildman–Crippen LogP) is 1.25. The number of primary amides is 1. The fourth-order valence-corrected chi connectivity index (χ4v) is 1.34. The van der Waals surface area contributed by atoms with Crippen LogP contribution in [0.1, 0.15) is 33.6 Å². The Balaban J connectivity index is 4.22. The van der Waals surface area contributed by atoms with Crippen LogP contribution in [0.3, 0.4) is 0 Å². The summed E-state index contributed by atoms with van der Waals surface area (Å²) in [5, 5.41) is 2.11. The maximum absolute atomic E-state index is 11.4. The predicted molar refractivity (Wildman–Crippen MR) is 51.0 cm³/mol. The molecule has 3 N–H and O–H groups in total. The third kappa shape index (κ3) is 3.92. The van der Waals surface area contributed by atoms with E-state index in [0.717, 1.165) is 12.8 Å². The number of nitrogens with two attached hydrogens (primary N) is 1. The second-order valence-corrected chi connectivity index (χ2v) is 3.25. The molecule has 0 aliphatic heterocycles. The van der Waals surface area contributed by atoms with E-state index in [9.17, 15) is 9.59 Å². The zero-order valence-corrected chi connectivity index (χ0v) is 8.46. The van der Waals surface area contributed by atoms with Crippen molar-refractivity contribution in [3.8, 4) is 0 Å². The lowest BCUT2D eigenvalue weighted by atomic mass is 9.89. The molecule has 0 spiro atoms. The summed E-state index contributed by atoms with van der Waals surface area (Å²) in [6.45, 7) is 5.94. The minimum absolute atomic E-state index is 0.113. The van der Waals surface area contributed by atoms with Gasteiger partial charge >= 0.3 is 6.03 Å². The summed E-state index contributed by atoms with van der Waals surface area (Å²) in [5.74, 6) is -0.0915. The van der Waals surface area contributed by atoms with Crippen LogP contribution in [-0.2, 0) is 4.79 Å². The lowest BCUT2D eigenvalue weighted by Crippen LogP contribution is -2.40. The highest BCUT2D eigenvalue weighted by atomic mass is 16.2. The van der Waals surface area contributed by atoms with Crippen molar-refractivity contribution >= 4 is 11.9 Å². The third-order valence-electron chi connectivity index (χ3n) is 2.35. The lowest BCUT2D eigenvalue weighted by Gasteiger charge is -2.19. The van der Waals surface area contributed by atoms with E-state index >= 15 is 0 Å². The number of hydrogen-bond acceptors (Lipinski definition) is 2. The molecule has 4 heteroatoms. The van der Waals surface area contributed by atoms with Crippen LogP contribution in [0, 0.1) is 11.8 Å². The first-order valence-corrected chi connectivity index (χ1v) is 4.63. The van der Waals surface area contributed by atoms with Crippen molar-refractivity contribution in [2.24, 2.45) is 17.6 Å². The summed E-state index contributed by atoms with van der Waals surface area (Å²) in [6.07, 6.45) is 1.65. The Morgan fingerprint density at radius 1 is 1.31 bits per heavy atom. The van der Waals surface area contributed by atoms with E-state index in [0.29, 0.717) is 0 Å². The average Bonchev–Trinajstić information content (AvgIpc) is 2.03. The highest BCUT2D eigenvalue weighted by Gasteiger charge is 2.22. The molecule has 0 aliphatic carbocycles. The highest BCUT2D eigenvalue weighted by Crippen LogP contribution is 2.18. The Hall–Kier alpha value is -1.06. The van der Waals surface area contributed by atoms with Gasteiger partial charge in [-0.25, -0.2) is 4.79 Å². The molecular weight excluding hydrogens is 168 g/mol. The largest absolute Gasteiger partial charge is 0.351 e. The van der Waals surface area contributed by atoms with Gasteiger partial charge in [-0.15, -0.1) is 0 Å². The van der Waals surface area contributed by atoms with E-state index in [-0.39, 0.29) is 17.7 Å². The van der Waals surface area contributed by atoms with Crippen molar-refractivity contribution in [1.82, 2.24) is 5.32 Å². The maximum atomic E-state index is 11.4. The van der Waals surface area contributed by atoms with Crippen molar-refractivity contribution in [2.45, 2.75) is 33.6 Å². The Morgan fingerprint density at radius 2 is 1.85 bits per heavy atom. The molecule has 13 heavy (non-hydrogen) atoms. The van der Waals surface area contributed by atoms with Gasteiger partial charge in [0.05, 0.1) is 0 Å². The molecule has 0 aromatic heterocycles. The molecule has 0 aromatic carbocycles. The molecular formula is C9H18N2O2. The standard InChI is InChI=1S/C9H18N2O2/c1-4-6(3)7(5-2)8(12)11-9(10)13/h6-7H,4-5H2,1-3H3,(H3,10,11,12,13). The van der Waals surface area contributed by atoms with Crippen LogP contribution in [0.4, 0.5) is 4.79 Å². The molecule has 4 nitrogen and oxygen atoms in total. The van der Waals surface area contributed by atoms with Crippen molar-refractivity contribution in [3.63, 3.8) is 0 Å². The quantitative estimate of drug-likeness (QED) is 0.693.